The second-order valence-corrected chi connectivity index (χ2v) is 5.66. The highest BCUT2D eigenvalue weighted by molar-refractivity contribution is 9.10. The third-order valence-electron chi connectivity index (χ3n) is 3.74. The molecule has 2 rings (SSSR count). The third-order valence-corrected chi connectivity index (χ3v) is 4.48. The molecule has 1 aliphatic heterocycles. The summed E-state index contributed by atoms with van der Waals surface area (Å²) in [6, 6.07) is 6.38. The number of hydrogen-bond donors (Lipinski definition) is 1. The van der Waals surface area contributed by atoms with E-state index in [0.29, 0.717) is 6.54 Å². The van der Waals surface area contributed by atoms with E-state index >= 15 is 0 Å². The zero-order chi connectivity index (χ0) is 12.3. The monoisotopic (exact) mass is 296 g/mol. The van der Waals surface area contributed by atoms with Crippen LogP contribution in [-0.2, 0) is 6.54 Å². The molecule has 0 aliphatic carbocycles. The summed E-state index contributed by atoms with van der Waals surface area (Å²) in [5.74, 6) is 0.841. The topological polar surface area (TPSA) is 29.3 Å². The SMILES string of the molecule is CCC1CCCN(c2cccc(Br)c2CN)C1. The standard InChI is InChI=1S/C14H21BrN2/c1-2-11-5-4-8-17(10-11)14-7-3-6-13(15)12(14)9-16/h3,6-7,11H,2,4-5,8-10,16H2,1H3. The van der Waals surface area contributed by atoms with Gasteiger partial charge in [-0.3, -0.25) is 0 Å². The van der Waals surface area contributed by atoms with Gasteiger partial charge in [-0.15, -0.1) is 0 Å². The quantitative estimate of drug-likeness (QED) is 0.924. The lowest BCUT2D eigenvalue weighted by Crippen LogP contribution is -2.36. The molecular formula is C14H21BrN2. The van der Waals surface area contributed by atoms with Crippen LogP contribution in [0.3, 0.4) is 0 Å². The predicted octanol–water partition coefficient (Wildman–Crippen LogP) is 3.53. The molecule has 94 valence electrons. The van der Waals surface area contributed by atoms with Crippen LogP contribution in [0, 0.1) is 5.92 Å². The first kappa shape index (κ1) is 12.9. The number of piperidine rings is 1. The molecular weight excluding hydrogens is 276 g/mol. The Kier molecular flexibility index (Phi) is 4.46. The van der Waals surface area contributed by atoms with Gasteiger partial charge in [0.15, 0.2) is 0 Å². The zero-order valence-electron chi connectivity index (χ0n) is 10.5. The van der Waals surface area contributed by atoms with E-state index in [-0.39, 0.29) is 0 Å². The summed E-state index contributed by atoms with van der Waals surface area (Å²) in [6.45, 7) is 5.24. The van der Waals surface area contributed by atoms with Crippen LogP contribution in [-0.4, -0.2) is 13.1 Å². The van der Waals surface area contributed by atoms with Crippen molar-refractivity contribution in [2.24, 2.45) is 11.7 Å². The number of nitrogens with two attached hydrogens (primary N) is 1. The van der Waals surface area contributed by atoms with Crippen molar-refractivity contribution >= 4 is 21.6 Å². The van der Waals surface area contributed by atoms with Crippen molar-refractivity contribution in [1.82, 2.24) is 0 Å². The molecule has 0 aromatic heterocycles. The van der Waals surface area contributed by atoms with Gasteiger partial charge in [0.05, 0.1) is 0 Å². The van der Waals surface area contributed by atoms with E-state index in [0.717, 1.165) is 10.4 Å². The number of rotatable bonds is 3. The van der Waals surface area contributed by atoms with E-state index in [9.17, 15) is 0 Å². The van der Waals surface area contributed by atoms with Crippen molar-refractivity contribution in [3.8, 4) is 0 Å². The Balaban J connectivity index is 2.24. The van der Waals surface area contributed by atoms with Crippen LogP contribution in [0.5, 0.6) is 0 Å². The van der Waals surface area contributed by atoms with Crippen LogP contribution in [0.15, 0.2) is 22.7 Å². The van der Waals surface area contributed by atoms with Crippen molar-refractivity contribution in [2.75, 3.05) is 18.0 Å². The van der Waals surface area contributed by atoms with Crippen LogP contribution in [0.25, 0.3) is 0 Å². The minimum atomic E-state index is 0.601. The molecule has 1 aromatic rings. The Morgan fingerprint density at radius 1 is 1.47 bits per heavy atom. The van der Waals surface area contributed by atoms with Gasteiger partial charge in [-0.25, -0.2) is 0 Å². The minimum Gasteiger partial charge on any atom is -0.371 e. The van der Waals surface area contributed by atoms with E-state index in [2.05, 4.69) is 46.0 Å². The van der Waals surface area contributed by atoms with Gasteiger partial charge in [0.1, 0.15) is 0 Å². The van der Waals surface area contributed by atoms with Gasteiger partial charge < -0.3 is 10.6 Å². The molecule has 2 nitrogen and oxygen atoms in total. The van der Waals surface area contributed by atoms with Gasteiger partial charge in [0.2, 0.25) is 0 Å². The first-order chi connectivity index (χ1) is 8.26. The lowest BCUT2D eigenvalue weighted by molar-refractivity contribution is 0.404. The number of benzene rings is 1. The highest BCUT2D eigenvalue weighted by atomic mass is 79.9. The van der Waals surface area contributed by atoms with E-state index in [1.807, 2.05) is 0 Å². The summed E-state index contributed by atoms with van der Waals surface area (Å²) in [6.07, 6.45) is 3.95. The molecule has 2 N–H and O–H groups in total. The summed E-state index contributed by atoms with van der Waals surface area (Å²) in [5, 5.41) is 0. The molecule has 1 aromatic carbocycles. The van der Waals surface area contributed by atoms with E-state index < -0.39 is 0 Å². The molecule has 1 fully saturated rings. The van der Waals surface area contributed by atoms with Gasteiger partial charge in [0.25, 0.3) is 0 Å². The second-order valence-electron chi connectivity index (χ2n) is 4.80. The molecule has 0 amide bonds. The van der Waals surface area contributed by atoms with Gasteiger partial charge in [-0.2, -0.15) is 0 Å². The number of halogens is 1. The van der Waals surface area contributed by atoms with E-state index in [4.69, 9.17) is 5.73 Å². The molecule has 0 radical (unpaired) electrons. The van der Waals surface area contributed by atoms with E-state index in [1.165, 1.54) is 43.6 Å². The number of anilines is 1. The van der Waals surface area contributed by atoms with Gasteiger partial charge >= 0.3 is 0 Å². The summed E-state index contributed by atoms with van der Waals surface area (Å²) >= 11 is 3.60. The molecule has 1 atom stereocenters. The first-order valence-corrected chi connectivity index (χ1v) is 7.28. The van der Waals surface area contributed by atoms with Crippen molar-refractivity contribution in [1.29, 1.82) is 0 Å². The van der Waals surface area contributed by atoms with Gasteiger partial charge in [0, 0.05) is 35.4 Å². The smallest absolute Gasteiger partial charge is 0.0423 e. The Morgan fingerprint density at radius 3 is 3.00 bits per heavy atom. The third kappa shape index (κ3) is 2.83. The second kappa shape index (κ2) is 5.87. The fourth-order valence-electron chi connectivity index (χ4n) is 2.66. The van der Waals surface area contributed by atoms with Crippen LogP contribution in [0.4, 0.5) is 5.69 Å². The summed E-state index contributed by atoms with van der Waals surface area (Å²) in [7, 11) is 0. The van der Waals surface area contributed by atoms with Gasteiger partial charge in [-0.05, 0) is 30.9 Å². The molecule has 1 heterocycles. The first-order valence-electron chi connectivity index (χ1n) is 6.48. The molecule has 1 aliphatic rings. The molecule has 0 saturated carbocycles. The minimum absolute atomic E-state index is 0.601. The van der Waals surface area contributed by atoms with Gasteiger partial charge in [-0.1, -0.05) is 35.3 Å². The van der Waals surface area contributed by atoms with Crippen LogP contribution >= 0.6 is 15.9 Å². The highest BCUT2D eigenvalue weighted by Gasteiger charge is 2.20. The van der Waals surface area contributed by atoms with Crippen LogP contribution in [0.2, 0.25) is 0 Å². The Morgan fingerprint density at radius 2 is 2.29 bits per heavy atom. The summed E-state index contributed by atoms with van der Waals surface area (Å²) in [5.41, 5.74) is 8.43. The largest absolute Gasteiger partial charge is 0.371 e. The maximum Gasteiger partial charge on any atom is 0.0423 e. The number of hydrogen-bond acceptors (Lipinski definition) is 2. The average molecular weight is 297 g/mol. The van der Waals surface area contributed by atoms with Crippen molar-refractivity contribution in [2.45, 2.75) is 32.7 Å². The van der Waals surface area contributed by atoms with E-state index in [1.54, 1.807) is 0 Å². The molecule has 0 spiro atoms. The maximum absolute atomic E-state index is 5.87. The normalized spacial score (nSPS) is 20.6. The van der Waals surface area contributed by atoms with Crippen molar-refractivity contribution in [3.63, 3.8) is 0 Å². The Bertz CT molecular complexity index is 378. The summed E-state index contributed by atoms with van der Waals surface area (Å²) in [4.78, 5) is 2.50. The molecule has 1 saturated heterocycles. The van der Waals surface area contributed by atoms with Crippen molar-refractivity contribution in [3.05, 3.63) is 28.2 Å². The van der Waals surface area contributed by atoms with Crippen LogP contribution in [0.1, 0.15) is 31.7 Å². The average Bonchev–Trinajstić information content (AvgIpc) is 2.38. The highest BCUT2D eigenvalue weighted by Crippen LogP contribution is 2.31. The summed E-state index contributed by atoms with van der Waals surface area (Å²) < 4.78 is 1.14. The molecule has 3 heteroatoms. The fraction of sp³-hybridized carbons (Fsp3) is 0.571. The Labute approximate surface area is 112 Å². The predicted molar refractivity (Wildman–Crippen MR) is 77.3 cm³/mol. The van der Waals surface area contributed by atoms with Crippen molar-refractivity contribution < 1.29 is 0 Å². The maximum atomic E-state index is 5.87. The lowest BCUT2D eigenvalue weighted by Gasteiger charge is -2.35. The Hall–Kier alpha value is -0.540. The molecule has 1 unspecified atom stereocenters. The molecule has 17 heavy (non-hydrogen) atoms. The fourth-order valence-corrected chi connectivity index (χ4v) is 3.18. The lowest BCUT2D eigenvalue weighted by atomic mass is 9.95. The van der Waals surface area contributed by atoms with Crippen LogP contribution < -0.4 is 10.6 Å². The zero-order valence-corrected chi connectivity index (χ0v) is 12.0. The number of nitrogens with zero attached hydrogens (tertiary/aromatic N) is 1. The molecule has 0 bridgehead atoms.